The van der Waals surface area contributed by atoms with Gasteiger partial charge in [-0.1, -0.05) is 104 Å². The van der Waals surface area contributed by atoms with Crippen LogP contribution in [0.3, 0.4) is 0 Å². The molecule has 0 aliphatic carbocycles. The molecule has 0 bridgehead atoms. The van der Waals surface area contributed by atoms with Crippen LogP contribution in [-0.2, 0) is 21.7 Å². The van der Waals surface area contributed by atoms with Crippen molar-refractivity contribution in [2.75, 3.05) is 14.2 Å². The molecule has 2 rings (SSSR count). The van der Waals surface area contributed by atoms with Gasteiger partial charge >= 0.3 is 0 Å². The zero-order valence-corrected chi connectivity index (χ0v) is 28.2. The summed E-state index contributed by atoms with van der Waals surface area (Å²) in [5.74, 6) is 1.97. The van der Waals surface area contributed by atoms with Gasteiger partial charge in [0, 0.05) is 28.5 Å². The fourth-order valence-electron chi connectivity index (χ4n) is 4.95. The summed E-state index contributed by atoms with van der Waals surface area (Å²) in [5, 5.41) is 0. The summed E-state index contributed by atoms with van der Waals surface area (Å²) in [5.41, 5.74) is 6.82. The van der Waals surface area contributed by atoms with Gasteiger partial charge in [0.05, 0.1) is 20.3 Å². The number of hydrogen-bond donors (Lipinski definition) is 0. The van der Waals surface area contributed by atoms with Crippen molar-refractivity contribution in [2.45, 2.75) is 132 Å². The van der Waals surface area contributed by atoms with E-state index >= 15 is 0 Å². The smallest absolute Gasteiger partial charge is 0.126 e. The molecule has 39 heavy (non-hydrogen) atoms. The molecule has 0 heterocycles. The highest BCUT2D eigenvalue weighted by Gasteiger charge is 2.32. The largest absolute Gasteiger partial charge is 0.496 e. The Kier molecular flexibility index (Phi) is 9.23. The van der Waals surface area contributed by atoms with Gasteiger partial charge in [0.2, 0.25) is 0 Å². The van der Waals surface area contributed by atoms with Crippen LogP contribution in [0.25, 0.3) is 0 Å². The summed E-state index contributed by atoms with van der Waals surface area (Å²) in [7, 11) is 3.59. The maximum Gasteiger partial charge on any atom is 0.126 e. The molecular weight excluding hydrogens is 478 g/mol. The molecule has 0 amide bonds. The molecule has 0 spiro atoms. The highest BCUT2D eigenvalue weighted by atomic mass is 16.5. The molecule has 0 N–H and O–H groups in total. The number of aliphatic imine (C=N–C) groups is 1. The second-order valence-electron chi connectivity index (χ2n) is 16.3. The summed E-state index contributed by atoms with van der Waals surface area (Å²) in [6.07, 6.45) is 2.12. The predicted molar refractivity (Wildman–Crippen MR) is 171 cm³/mol. The van der Waals surface area contributed by atoms with Crippen LogP contribution < -0.4 is 9.47 Å². The van der Waals surface area contributed by atoms with E-state index in [-0.39, 0.29) is 33.1 Å². The minimum atomic E-state index is -0.162. The van der Waals surface area contributed by atoms with Gasteiger partial charge in [0.1, 0.15) is 11.5 Å². The van der Waals surface area contributed by atoms with Crippen molar-refractivity contribution in [1.29, 1.82) is 0 Å². The van der Waals surface area contributed by atoms with Crippen molar-refractivity contribution in [3.63, 3.8) is 0 Å². The van der Waals surface area contributed by atoms with Crippen molar-refractivity contribution in [1.82, 2.24) is 0 Å². The third-order valence-electron chi connectivity index (χ3n) is 7.11. The van der Waals surface area contributed by atoms with E-state index in [0.29, 0.717) is 0 Å². The minimum Gasteiger partial charge on any atom is -0.496 e. The van der Waals surface area contributed by atoms with Gasteiger partial charge in [-0.3, -0.25) is 4.99 Å². The number of methoxy groups -OCH3 is 2. The summed E-state index contributed by atoms with van der Waals surface area (Å²) < 4.78 is 12.2. The molecule has 0 saturated carbocycles. The Morgan fingerprint density at radius 2 is 0.769 bits per heavy atom. The average Bonchev–Trinajstić information content (AvgIpc) is 2.74. The van der Waals surface area contributed by atoms with Gasteiger partial charge < -0.3 is 9.47 Å². The molecule has 0 fully saturated rings. The van der Waals surface area contributed by atoms with Gasteiger partial charge in [0.15, 0.2) is 0 Å². The van der Waals surface area contributed by atoms with E-state index in [2.05, 4.69) is 134 Å². The molecule has 2 aromatic rings. The summed E-state index contributed by atoms with van der Waals surface area (Å²) in [4.78, 5) is 5.33. The van der Waals surface area contributed by atoms with E-state index in [1.54, 1.807) is 14.2 Å². The van der Waals surface area contributed by atoms with Gasteiger partial charge in [-0.05, 0) is 62.5 Å². The van der Waals surface area contributed by atoms with Crippen LogP contribution in [0.15, 0.2) is 29.3 Å². The van der Waals surface area contributed by atoms with E-state index < -0.39 is 0 Å². The fourth-order valence-corrected chi connectivity index (χ4v) is 4.95. The third kappa shape index (κ3) is 7.89. The Morgan fingerprint density at radius 1 is 0.513 bits per heavy atom. The van der Waals surface area contributed by atoms with Crippen LogP contribution in [0.2, 0.25) is 0 Å². The Hall–Kier alpha value is -2.29. The van der Waals surface area contributed by atoms with E-state index in [1.165, 1.54) is 33.4 Å². The van der Waals surface area contributed by atoms with Crippen LogP contribution in [0.5, 0.6) is 11.5 Å². The lowest BCUT2D eigenvalue weighted by Gasteiger charge is -2.33. The van der Waals surface area contributed by atoms with Crippen molar-refractivity contribution < 1.29 is 9.47 Å². The van der Waals surface area contributed by atoms with Gasteiger partial charge in [-0.25, -0.2) is 0 Å². The van der Waals surface area contributed by atoms with Crippen LogP contribution in [0, 0.1) is 5.41 Å². The Morgan fingerprint density at radius 3 is 0.949 bits per heavy atom. The van der Waals surface area contributed by atoms with Crippen molar-refractivity contribution in [3.05, 3.63) is 57.6 Å². The molecule has 0 unspecified atom stereocenters. The first-order valence-corrected chi connectivity index (χ1v) is 14.4. The van der Waals surface area contributed by atoms with Crippen molar-refractivity contribution >= 4 is 6.21 Å². The Balaban J connectivity index is 3.12. The Bertz CT molecular complexity index is 1030. The molecule has 3 heteroatoms. The number of ether oxygens (including phenoxy) is 2. The van der Waals surface area contributed by atoms with Gasteiger partial charge in [0.25, 0.3) is 0 Å². The molecule has 0 radical (unpaired) electrons. The first kappa shape index (κ1) is 32.9. The number of benzene rings is 2. The first-order valence-electron chi connectivity index (χ1n) is 14.4. The molecular formula is C36H57NO2. The van der Waals surface area contributed by atoms with E-state index in [9.17, 15) is 0 Å². The molecule has 0 aliphatic heterocycles. The molecule has 0 aromatic heterocycles. The van der Waals surface area contributed by atoms with Crippen molar-refractivity contribution in [2.24, 2.45) is 10.4 Å². The van der Waals surface area contributed by atoms with E-state index in [4.69, 9.17) is 14.5 Å². The predicted octanol–water partition coefficient (Wildman–Crippen LogP) is 10.1. The monoisotopic (exact) mass is 535 g/mol. The lowest BCUT2D eigenvalue weighted by Crippen LogP contribution is -2.22. The average molecular weight is 536 g/mol. The SMILES string of the molecule is COc1c(C(C)(C)C)cc(C(N=CC(C)(C)C)c2cc(C(C)(C)C)c(OC)c(C(C)(C)C)c2)cc1C(C)(C)C. The molecule has 0 saturated heterocycles. The van der Waals surface area contributed by atoms with Crippen LogP contribution in [-0.4, -0.2) is 20.4 Å². The van der Waals surface area contributed by atoms with Crippen LogP contribution in [0.1, 0.15) is 143 Å². The second kappa shape index (κ2) is 10.9. The number of nitrogens with zero attached hydrogens (tertiary/aromatic N) is 1. The highest BCUT2D eigenvalue weighted by molar-refractivity contribution is 5.66. The fraction of sp³-hybridized carbons (Fsp3) is 0.639. The summed E-state index contributed by atoms with van der Waals surface area (Å²) in [6, 6.07) is 9.16. The second-order valence-corrected chi connectivity index (χ2v) is 16.3. The zero-order chi connectivity index (χ0) is 30.4. The normalized spacial score (nSPS) is 13.9. The molecule has 2 aromatic carbocycles. The van der Waals surface area contributed by atoms with Gasteiger partial charge in [-0.15, -0.1) is 0 Å². The number of hydrogen-bond acceptors (Lipinski definition) is 3. The lowest BCUT2D eigenvalue weighted by molar-refractivity contribution is 0.380. The minimum absolute atomic E-state index is 0.0450. The maximum atomic E-state index is 6.09. The lowest BCUT2D eigenvalue weighted by atomic mass is 9.75. The maximum absolute atomic E-state index is 6.09. The molecule has 218 valence electrons. The highest BCUT2D eigenvalue weighted by Crippen LogP contribution is 2.46. The molecule has 0 atom stereocenters. The molecule has 0 aliphatic rings. The van der Waals surface area contributed by atoms with Crippen molar-refractivity contribution in [3.8, 4) is 11.5 Å². The van der Waals surface area contributed by atoms with Crippen LogP contribution >= 0.6 is 0 Å². The summed E-state index contributed by atoms with van der Waals surface area (Å²) >= 11 is 0. The number of rotatable bonds is 5. The topological polar surface area (TPSA) is 30.8 Å². The first-order chi connectivity index (χ1) is 17.4. The molecule has 3 nitrogen and oxygen atoms in total. The zero-order valence-electron chi connectivity index (χ0n) is 28.2. The Labute approximate surface area is 240 Å². The van der Waals surface area contributed by atoms with Crippen LogP contribution in [0.4, 0.5) is 0 Å². The van der Waals surface area contributed by atoms with Gasteiger partial charge in [-0.2, -0.15) is 0 Å². The quantitative estimate of drug-likeness (QED) is 0.357. The summed E-state index contributed by atoms with van der Waals surface area (Å²) in [6.45, 7) is 33.8. The standard InChI is InChI=1S/C36H57NO2/c1-32(2,3)22-37-29(23-18-25(33(4,5)6)30(38-16)26(19-23)34(7,8)9)24-20-27(35(10,11)12)31(39-17)28(21-24)36(13,14)15/h18-22,29H,1-17H3. The third-order valence-corrected chi connectivity index (χ3v) is 7.11. The van der Waals surface area contributed by atoms with E-state index in [0.717, 1.165) is 11.5 Å². The van der Waals surface area contributed by atoms with E-state index in [1.807, 2.05) is 0 Å².